The average molecular weight is 284 g/mol. The summed E-state index contributed by atoms with van der Waals surface area (Å²) < 4.78 is 0. The monoisotopic (exact) mass is 283 g/mol. The molecule has 0 radical (unpaired) electrons. The molecule has 0 fully saturated rings. The largest absolute Gasteiger partial charge is 0.480 e. The van der Waals surface area contributed by atoms with Crippen molar-refractivity contribution in [3.8, 4) is 0 Å². The number of halogens is 1. The van der Waals surface area contributed by atoms with Crippen LogP contribution in [0.3, 0.4) is 0 Å². The lowest BCUT2D eigenvalue weighted by atomic mass is 10.1. The van der Waals surface area contributed by atoms with Gasteiger partial charge >= 0.3 is 5.97 Å². The van der Waals surface area contributed by atoms with Gasteiger partial charge in [0.25, 0.3) is 0 Å². The second-order valence-electron chi connectivity index (χ2n) is 4.34. The van der Waals surface area contributed by atoms with Crippen LogP contribution in [0.2, 0.25) is 5.02 Å². The molecule has 4 nitrogen and oxygen atoms in total. The predicted molar refractivity (Wildman–Crippen MR) is 74.2 cm³/mol. The van der Waals surface area contributed by atoms with Gasteiger partial charge in [0.15, 0.2) is 0 Å². The van der Waals surface area contributed by atoms with Crippen LogP contribution in [0.4, 0.5) is 0 Å². The summed E-state index contributed by atoms with van der Waals surface area (Å²) in [5, 5.41) is 12.1. The molecule has 0 aliphatic heterocycles. The molecule has 1 amide bonds. The third-order valence-electron chi connectivity index (χ3n) is 2.79. The zero-order valence-electron chi connectivity index (χ0n) is 10.9. The van der Waals surface area contributed by atoms with E-state index in [1.54, 1.807) is 6.07 Å². The van der Waals surface area contributed by atoms with E-state index < -0.39 is 12.0 Å². The Morgan fingerprint density at radius 1 is 1.37 bits per heavy atom. The highest BCUT2D eigenvalue weighted by molar-refractivity contribution is 6.31. The molecule has 0 saturated heterocycles. The van der Waals surface area contributed by atoms with Crippen molar-refractivity contribution in [1.82, 2.24) is 5.32 Å². The second-order valence-corrected chi connectivity index (χ2v) is 4.75. The standard InChI is InChI=1S/C14H18ClNO3/c1-2-5-12(14(18)19)16-13(17)9-8-10-6-3-4-7-11(10)15/h3-4,6-7,12H,2,5,8-9H2,1H3,(H,16,17)(H,18,19)/t12-/m0/s1. The zero-order valence-corrected chi connectivity index (χ0v) is 11.6. The first-order valence-electron chi connectivity index (χ1n) is 6.30. The average Bonchev–Trinajstić information content (AvgIpc) is 2.37. The highest BCUT2D eigenvalue weighted by Crippen LogP contribution is 2.16. The minimum atomic E-state index is -0.993. The van der Waals surface area contributed by atoms with Crippen molar-refractivity contribution >= 4 is 23.5 Å². The molecule has 0 aliphatic rings. The number of hydrogen-bond donors (Lipinski definition) is 2. The Balaban J connectivity index is 2.47. The van der Waals surface area contributed by atoms with Gasteiger partial charge in [-0.15, -0.1) is 0 Å². The van der Waals surface area contributed by atoms with Crippen LogP contribution in [-0.2, 0) is 16.0 Å². The first kappa shape index (κ1) is 15.5. The minimum Gasteiger partial charge on any atom is -0.480 e. The molecule has 1 aromatic rings. The van der Waals surface area contributed by atoms with Crippen LogP contribution in [0, 0.1) is 0 Å². The lowest BCUT2D eigenvalue weighted by Crippen LogP contribution is -2.40. The molecule has 104 valence electrons. The van der Waals surface area contributed by atoms with Gasteiger partial charge in [-0.05, 0) is 24.5 Å². The summed E-state index contributed by atoms with van der Waals surface area (Å²) >= 11 is 5.99. The van der Waals surface area contributed by atoms with Crippen molar-refractivity contribution in [2.75, 3.05) is 0 Å². The van der Waals surface area contributed by atoms with Crippen LogP contribution < -0.4 is 5.32 Å². The number of amides is 1. The van der Waals surface area contributed by atoms with E-state index in [4.69, 9.17) is 16.7 Å². The minimum absolute atomic E-state index is 0.233. The van der Waals surface area contributed by atoms with Crippen LogP contribution in [0.15, 0.2) is 24.3 Å². The summed E-state index contributed by atoms with van der Waals surface area (Å²) in [5.74, 6) is -1.26. The fraction of sp³-hybridized carbons (Fsp3) is 0.429. The number of carbonyl (C=O) groups is 2. The molecule has 0 heterocycles. The summed E-state index contributed by atoms with van der Waals surface area (Å²) in [7, 11) is 0. The quantitative estimate of drug-likeness (QED) is 0.808. The van der Waals surface area contributed by atoms with Gasteiger partial charge in [-0.1, -0.05) is 43.1 Å². The fourth-order valence-corrected chi connectivity index (χ4v) is 1.99. The maximum atomic E-state index is 11.7. The number of carboxylic acid groups (broad SMARTS) is 1. The lowest BCUT2D eigenvalue weighted by Gasteiger charge is -2.13. The van der Waals surface area contributed by atoms with E-state index in [9.17, 15) is 9.59 Å². The predicted octanol–water partition coefficient (Wildman–Crippen LogP) is 2.64. The SMILES string of the molecule is CCC[C@H](NC(=O)CCc1ccccc1Cl)C(=O)O. The molecule has 1 rings (SSSR count). The summed E-state index contributed by atoms with van der Waals surface area (Å²) in [6, 6.07) is 6.51. The number of aliphatic carboxylic acids is 1. The first-order valence-corrected chi connectivity index (χ1v) is 6.68. The van der Waals surface area contributed by atoms with Crippen LogP contribution in [0.1, 0.15) is 31.7 Å². The summed E-state index contributed by atoms with van der Waals surface area (Å²) in [5.41, 5.74) is 0.890. The van der Waals surface area contributed by atoms with Gasteiger partial charge in [0.05, 0.1) is 0 Å². The van der Waals surface area contributed by atoms with Crippen molar-refractivity contribution < 1.29 is 14.7 Å². The highest BCUT2D eigenvalue weighted by Gasteiger charge is 2.18. The molecule has 5 heteroatoms. The van der Waals surface area contributed by atoms with Gasteiger partial charge in [-0.3, -0.25) is 4.79 Å². The number of aryl methyl sites for hydroxylation is 1. The fourth-order valence-electron chi connectivity index (χ4n) is 1.76. The smallest absolute Gasteiger partial charge is 0.326 e. The first-order chi connectivity index (χ1) is 9.04. The molecule has 0 aromatic heterocycles. The zero-order chi connectivity index (χ0) is 14.3. The van der Waals surface area contributed by atoms with Gasteiger partial charge in [-0.2, -0.15) is 0 Å². The van der Waals surface area contributed by atoms with Gasteiger partial charge in [-0.25, -0.2) is 4.79 Å². The molecular weight excluding hydrogens is 266 g/mol. The van der Waals surface area contributed by atoms with E-state index >= 15 is 0 Å². The van der Waals surface area contributed by atoms with Crippen molar-refractivity contribution in [3.63, 3.8) is 0 Å². The second kappa shape index (κ2) is 7.79. The Hall–Kier alpha value is -1.55. The Bertz CT molecular complexity index is 448. The maximum Gasteiger partial charge on any atom is 0.326 e. The summed E-state index contributed by atoms with van der Waals surface area (Å²) in [6.45, 7) is 1.88. The Morgan fingerprint density at radius 3 is 2.63 bits per heavy atom. The van der Waals surface area contributed by atoms with Crippen LogP contribution >= 0.6 is 11.6 Å². The summed E-state index contributed by atoms with van der Waals surface area (Å²) in [6.07, 6.45) is 1.89. The van der Waals surface area contributed by atoms with Crippen molar-refractivity contribution in [1.29, 1.82) is 0 Å². The molecule has 0 saturated carbocycles. The molecule has 0 aliphatic carbocycles. The number of benzene rings is 1. The number of hydrogen-bond acceptors (Lipinski definition) is 2. The molecule has 0 unspecified atom stereocenters. The van der Waals surface area contributed by atoms with Crippen LogP contribution in [0.25, 0.3) is 0 Å². The topological polar surface area (TPSA) is 66.4 Å². The normalized spacial score (nSPS) is 11.9. The van der Waals surface area contributed by atoms with E-state index in [0.717, 1.165) is 5.56 Å². The lowest BCUT2D eigenvalue weighted by molar-refractivity contribution is -0.142. The molecule has 0 bridgehead atoms. The van der Waals surface area contributed by atoms with Gasteiger partial charge < -0.3 is 10.4 Å². The van der Waals surface area contributed by atoms with E-state index in [0.29, 0.717) is 24.3 Å². The Kier molecular flexibility index (Phi) is 6.36. The van der Waals surface area contributed by atoms with Crippen LogP contribution in [-0.4, -0.2) is 23.0 Å². The Labute approximate surface area is 117 Å². The van der Waals surface area contributed by atoms with E-state index in [1.165, 1.54) is 0 Å². The van der Waals surface area contributed by atoms with Crippen LogP contribution in [0.5, 0.6) is 0 Å². The number of rotatable bonds is 7. The highest BCUT2D eigenvalue weighted by atomic mass is 35.5. The van der Waals surface area contributed by atoms with E-state index in [1.807, 2.05) is 25.1 Å². The summed E-state index contributed by atoms with van der Waals surface area (Å²) in [4.78, 5) is 22.6. The van der Waals surface area contributed by atoms with E-state index in [-0.39, 0.29) is 12.3 Å². The number of carbonyl (C=O) groups excluding carboxylic acids is 1. The van der Waals surface area contributed by atoms with Crippen molar-refractivity contribution in [2.45, 2.75) is 38.6 Å². The van der Waals surface area contributed by atoms with Gasteiger partial charge in [0, 0.05) is 11.4 Å². The molecule has 0 spiro atoms. The third-order valence-corrected chi connectivity index (χ3v) is 3.16. The van der Waals surface area contributed by atoms with Crippen molar-refractivity contribution in [2.24, 2.45) is 0 Å². The molecule has 1 atom stereocenters. The molecular formula is C14H18ClNO3. The third kappa shape index (κ3) is 5.30. The van der Waals surface area contributed by atoms with Crippen molar-refractivity contribution in [3.05, 3.63) is 34.9 Å². The van der Waals surface area contributed by atoms with Gasteiger partial charge in [0.1, 0.15) is 6.04 Å². The number of nitrogens with one attached hydrogen (secondary N) is 1. The molecule has 19 heavy (non-hydrogen) atoms. The maximum absolute atomic E-state index is 11.7. The number of carboxylic acids is 1. The van der Waals surface area contributed by atoms with E-state index in [2.05, 4.69) is 5.32 Å². The van der Waals surface area contributed by atoms with Gasteiger partial charge in [0.2, 0.25) is 5.91 Å². The Morgan fingerprint density at radius 2 is 2.05 bits per heavy atom. The molecule has 1 aromatic carbocycles. The molecule has 2 N–H and O–H groups in total.